The van der Waals surface area contributed by atoms with E-state index < -0.39 is 35.6 Å². The summed E-state index contributed by atoms with van der Waals surface area (Å²) >= 11 is 0. The summed E-state index contributed by atoms with van der Waals surface area (Å²) < 4.78 is 15.7. The lowest BCUT2D eigenvalue weighted by Gasteiger charge is -2.34. The van der Waals surface area contributed by atoms with Crippen molar-refractivity contribution in [1.82, 2.24) is 5.32 Å². The van der Waals surface area contributed by atoms with Crippen molar-refractivity contribution >= 4 is 18.0 Å². The predicted molar refractivity (Wildman–Crippen MR) is 115 cm³/mol. The number of methoxy groups -OCH3 is 1. The number of alkyl carbamates (subject to hydrolysis) is 1. The van der Waals surface area contributed by atoms with Crippen LogP contribution in [0.5, 0.6) is 0 Å². The van der Waals surface area contributed by atoms with Gasteiger partial charge in [-0.1, -0.05) is 60.7 Å². The number of benzene rings is 2. The van der Waals surface area contributed by atoms with Crippen molar-refractivity contribution in [2.24, 2.45) is 0 Å². The molecule has 0 fully saturated rings. The largest absolute Gasteiger partial charge is 0.469 e. The Morgan fingerprint density at radius 1 is 0.871 bits per heavy atom. The molecule has 0 aliphatic carbocycles. The van der Waals surface area contributed by atoms with Crippen LogP contribution in [-0.4, -0.2) is 36.3 Å². The summed E-state index contributed by atoms with van der Waals surface area (Å²) in [6.07, 6.45) is -1.22. The molecule has 0 aromatic heterocycles. The second-order valence-electron chi connectivity index (χ2n) is 8.19. The molecule has 2 aromatic carbocycles. The summed E-state index contributed by atoms with van der Waals surface area (Å²) in [6.45, 7) is 5.15. The fourth-order valence-corrected chi connectivity index (χ4v) is 2.94. The van der Waals surface area contributed by atoms with Gasteiger partial charge in [-0.15, -0.1) is 0 Å². The van der Waals surface area contributed by atoms with E-state index in [0.29, 0.717) is 0 Å². The summed E-state index contributed by atoms with van der Waals surface area (Å²) in [5, 5.41) is 2.60. The van der Waals surface area contributed by atoms with E-state index in [9.17, 15) is 14.4 Å². The fourth-order valence-electron chi connectivity index (χ4n) is 2.94. The van der Waals surface area contributed by atoms with E-state index in [-0.39, 0.29) is 13.0 Å². The van der Waals surface area contributed by atoms with Crippen molar-refractivity contribution in [3.05, 3.63) is 71.8 Å². The molecule has 1 unspecified atom stereocenters. The van der Waals surface area contributed by atoms with Gasteiger partial charge in [-0.2, -0.15) is 0 Å². The molecule has 166 valence electrons. The van der Waals surface area contributed by atoms with Crippen LogP contribution in [0.3, 0.4) is 0 Å². The number of ether oxygens (including phenoxy) is 3. The number of carbonyl (C=O) groups is 3. The molecule has 1 atom stereocenters. The molecule has 0 saturated heterocycles. The van der Waals surface area contributed by atoms with Gasteiger partial charge in [0.15, 0.2) is 5.54 Å². The maximum absolute atomic E-state index is 13.2. The van der Waals surface area contributed by atoms with E-state index in [2.05, 4.69) is 5.32 Å². The predicted octanol–water partition coefficient (Wildman–Crippen LogP) is 3.80. The molecular weight excluding hydrogens is 398 g/mol. The lowest BCUT2D eigenvalue weighted by Crippen LogP contribution is -2.59. The Kier molecular flexibility index (Phi) is 8.19. The lowest BCUT2D eigenvalue weighted by molar-refractivity contribution is -0.166. The minimum atomic E-state index is -1.70. The van der Waals surface area contributed by atoms with Crippen LogP contribution >= 0.6 is 0 Å². The summed E-state index contributed by atoms with van der Waals surface area (Å²) in [4.78, 5) is 38.1. The molecule has 31 heavy (non-hydrogen) atoms. The van der Waals surface area contributed by atoms with Crippen LogP contribution in [0.4, 0.5) is 4.79 Å². The lowest BCUT2D eigenvalue weighted by atomic mass is 9.87. The second kappa shape index (κ2) is 10.6. The topological polar surface area (TPSA) is 90.9 Å². The summed E-state index contributed by atoms with van der Waals surface area (Å²) in [5.41, 5.74) is -1.00. The molecule has 0 saturated carbocycles. The standard InChI is InChI=1S/C24H29NO6/c1-23(2,3)31-21(27)24(16-20(26)29-4,15-18-11-7-5-8-12-18)25-22(28)30-17-19-13-9-6-10-14-19/h5-14H,15-17H2,1-4H3,(H,25,28). The van der Waals surface area contributed by atoms with Gasteiger partial charge in [0.25, 0.3) is 0 Å². The monoisotopic (exact) mass is 427 g/mol. The fraction of sp³-hybridized carbons (Fsp3) is 0.375. The quantitative estimate of drug-likeness (QED) is 0.509. The van der Waals surface area contributed by atoms with Crippen molar-refractivity contribution in [3.63, 3.8) is 0 Å². The van der Waals surface area contributed by atoms with E-state index >= 15 is 0 Å². The number of nitrogens with one attached hydrogen (secondary N) is 1. The summed E-state index contributed by atoms with van der Waals surface area (Å²) in [5.74, 6) is -1.41. The van der Waals surface area contributed by atoms with Crippen molar-refractivity contribution in [3.8, 4) is 0 Å². The van der Waals surface area contributed by atoms with E-state index in [1.165, 1.54) is 7.11 Å². The molecule has 2 rings (SSSR count). The van der Waals surface area contributed by atoms with Crippen LogP contribution in [0, 0.1) is 0 Å². The first-order chi connectivity index (χ1) is 14.6. The summed E-state index contributed by atoms with van der Waals surface area (Å²) in [6, 6.07) is 18.2. The first-order valence-electron chi connectivity index (χ1n) is 9.96. The van der Waals surface area contributed by atoms with E-state index in [4.69, 9.17) is 14.2 Å². The third-order valence-corrected chi connectivity index (χ3v) is 4.37. The molecule has 0 radical (unpaired) electrons. The summed E-state index contributed by atoms with van der Waals surface area (Å²) in [7, 11) is 1.22. The van der Waals surface area contributed by atoms with Crippen LogP contribution in [0.1, 0.15) is 38.3 Å². The molecule has 7 nitrogen and oxygen atoms in total. The van der Waals surface area contributed by atoms with Crippen LogP contribution in [0.25, 0.3) is 0 Å². The third-order valence-electron chi connectivity index (χ3n) is 4.37. The molecule has 1 N–H and O–H groups in total. The number of carbonyl (C=O) groups excluding carboxylic acids is 3. The number of hydrogen-bond acceptors (Lipinski definition) is 6. The third kappa shape index (κ3) is 7.77. The maximum Gasteiger partial charge on any atom is 0.408 e. The van der Waals surface area contributed by atoms with Gasteiger partial charge in [0, 0.05) is 6.42 Å². The highest BCUT2D eigenvalue weighted by atomic mass is 16.6. The number of amides is 1. The van der Waals surface area contributed by atoms with Gasteiger partial charge in [-0.3, -0.25) is 4.79 Å². The number of rotatable bonds is 8. The molecule has 0 aliphatic rings. The van der Waals surface area contributed by atoms with E-state index in [1.807, 2.05) is 36.4 Å². The first-order valence-corrected chi connectivity index (χ1v) is 9.96. The Morgan fingerprint density at radius 2 is 1.42 bits per heavy atom. The van der Waals surface area contributed by atoms with Gasteiger partial charge < -0.3 is 19.5 Å². The first kappa shape index (κ1) is 23.9. The Labute approximate surface area is 182 Å². The molecule has 7 heteroatoms. The van der Waals surface area contributed by atoms with Crippen molar-refractivity contribution < 1.29 is 28.6 Å². The average Bonchev–Trinajstić information content (AvgIpc) is 2.72. The van der Waals surface area contributed by atoms with Crippen LogP contribution in [0.15, 0.2) is 60.7 Å². The Balaban J connectivity index is 2.32. The highest BCUT2D eigenvalue weighted by Gasteiger charge is 2.46. The zero-order valence-corrected chi connectivity index (χ0v) is 18.3. The zero-order chi connectivity index (χ0) is 22.9. The van der Waals surface area contributed by atoms with Crippen LogP contribution in [0.2, 0.25) is 0 Å². The van der Waals surface area contributed by atoms with E-state index in [0.717, 1.165) is 11.1 Å². The van der Waals surface area contributed by atoms with Crippen LogP contribution in [-0.2, 0) is 36.8 Å². The van der Waals surface area contributed by atoms with Gasteiger partial charge in [0.2, 0.25) is 0 Å². The smallest absolute Gasteiger partial charge is 0.408 e. The Bertz CT molecular complexity index is 876. The minimum Gasteiger partial charge on any atom is -0.469 e. The van der Waals surface area contributed by atoms with Crippen molar-refractivity contribution in [1.29, 1.82) is 0 Å². The highest BCUT2D eigenvalue weighted by Crippen LogP contribution is 2.24. The molecule has 0 aliphatic heterocycles. The normalized spacial score (nSPS) is 12.9. The molecule has 0 bridgehead atoms. The zero-order valence-electron chi connectivity index (χ0n) is 18.3. The van der Waals surface area contributed by atoms with Gasteiger partial charge in [-0.25, -0.2) is 9.59 Å². The molecular formula is C24H29NO6. The molecule has 1 amide bonds. The molecule has 0 spiro atoms. The van der Waals surface area contributed by atoms with Crippen molar-refractivity contribution in [2.75, 3.05) is 7.11 Å². The molecule has 2 aromatic rings. The maximum atomic E-state index is 13.2. The number of esters is 2. The Morgan fingerprint density at radius 3 is 1.94 bits per heavy atom. The SMILES string of the molecule is COC(=O)CC(Cc1ccccc1)(NC(=O)OCc1ccccc1)C(=O)OC(C)(C)C. The average molecular weight is 427 g/mol. The van der Waals surface area contributed by atoms with Gasteiger partial charge in [0.05, 0.1) is 13.5 Å². The minimum absolute atomic E-state index is 0.0145. The Hall–Kier alpha value is -3.35. The van der Waals surface area contributed by atoms with Crippen molar-refractivity contribution in [2.45, 2.75) is 51.4 Å². The van der Waals surface area contributed by atoms with Crippen LogP contribution < -0.4 is 5.32 Å². The number of hydrogen-bond donors (Lipinski definition) is 1. The molecule has 0 heterocycles. The van der Waals surface area contributed by atoms with E-state index in [1.54, 1.807) is 45.0 Å². The van der Waals surface area contributed by atoms with Gasteiger partial charge in [-0.05, 0) is 31.9 Å². The second-order valence-corrected chi connectivity index (χ2v) is 8.19. The highest BCUT2D eigenvalue weighted by molar-refractivity contribution is 5.91. The van der Waals surface area contributed by atoms with Gasteiger partial charge >= 0.3 is 18.0 Å². The van der Waals surface area contributed by atoms with Gasteiger partial charge in [0.1, 0.15) is 12.2 Å².